The number of amides is 1. The van der Waals surface area contributed by atoms with E-state index >= 15 is 0 Å². The molecule has 0 spiro atoms. The number of ether oxygens (including phenoxy) is 1. The van der Waals surface area contributed by atoms with Gasteiger partial charge >= 0.3 is 0 Å². The van der Waals surface area contributed by atoms with Crippen molar-refractivity contribution in [1.29, 1.82) is 0 Å². The number of carbonyl (C=O) groups is 1. The lowest BCUT2D eigenvalue weighted by Crippen LogP contribution is -2.36. The van der Waals surface area contributed by atoms with Gasteiger partial charge in [0.2, 0.25) is 5.91 Å². The van der Waals surface area contributed by atoms with Crippen LogP contribution < -0.4 is 5.32 Å². The molecule has 5 heteroatoms. The van der Waals surface area contributed by atoms with Crippen molar-refractivity contribution in [3.63, 3.8) is 0 Å². The predicted molar refractivity (Wildman–Crippen MR) is 67.8 cm³/mol. The van der Waals surface area contributed by atoms with Gasteiger partial charge < -0.3 is 9.64 Å². The van der Waals surface area contributed by atoms with Crippen molar-refractivity contribution in [3.05, 3.63) is 35.6 Å². The van der Waals surface area contributed by atoms with Crippen LogP contribution in [0.1, 0.15) is 24.6 Å². The summed E-state index contributed by atoms with van der Waals surface area (Å²) in [6.07, 6.45) is 1.90. The smallest absolute Gasteiger partial charge is 0.238 e. The van der Waals surface area contributed by atoms with Crippen LogP contribution in [0, 0.1) is 5.82 Å². The van der Waals surface area contributed by atoms with Crippen molar-refractivity contribution in [2.45, 2.75) is 25.1 Å². The molecule has 3 rings (SSSR count). The fourth-order valence-electron chi connectivity index (χ4n) is 2.73. The van der Waals surface area contributed by atoms with E-state index in [0.717, 1.165) is 25.0 Å². The number of nitrogens with zero attached hydrogens (tertiary/aromatic N) is 1. The van der Waals surface area contributed by atoms with E-state index < -0.39 is 0 Å². The average molecular weight is 264 g/mol. The summed E-state index contributed by atoms with van der Waals surface area (Å²) in [4.78, 5) is 13.7. The van der Waals surface area contributed by atoms with Crippen molar-refractivity contribution in [1.82, 2.24) is 10.2 Å². The van der Waals surface area contributed by atoms with Crippen molar-refractivity contribution in [2.75, 3.05) is 19.7 Å². The van der Waals surface area contributed by atoms with E-state index in [9.17, 15) is 9.18 Å². The zero-order chi connectivity index (χ0) is 13.2. The molecule has 2 heterocycles. The third-order valence-corrected chi connectivity index (χ3v) is 3.67. The quantitative estimate of drug-likeness (QED) is 0.898. The highest BCUT2D eigenvalue weighted by molar-refractivity contribution is 5.81. The van der Waals surface area contributed by atoms with Gasteiger partial charge in [0, 0.05) is 13.2 Å². The van der Waals surface area contributed by atoms with Crippen molar-refractivity contribution in [3.8, 4) is 0 Å². The normalized spacial score (nSPS) is 27.2. The molecule has 2 atom stereocenters. The summed E-state index contributed by atoms with van der Waals surface area (Å²) in [5.41, 5.74) is 0.781. The summed E-state index contributed by atoms with van der Waals surface area (Å²) in [6.45, 7) is 1.64. The second kappa shape index (κ2) is 5.27. The Labute approximate surface area is 111 Å². The molecular weight excluding hydrogens is 247 g/mol. The highest BCUT2D eigenvalue weighted by atomic mass is 19.1. The molecule has 19 heavy (non-hydrogen) atoms. The monoisotopic (exact) mass is 264 g/mol. The maximum atomic E-state index is 13.3. The number of rotatable bonds is 3. The van der Waals surface area contributed by atoms with Crippen molar-refractivity contribution in [2.24, 2.45) is 0 Å². The van der Waals surface area contributed by atoms with Gasteiger partial charge in [0.15, 0.2) is 0 Å². The number of hydrogen-bond acceptors (Lipinski definition) is 3. The van der Waals surface area contributed by atoms with Gasteiger partial charge in [-0.05, 0) is 30.5 Å². The molecule has 0 saturated carbocycles. The van der Waals surface area contributed by atoms with Gasteiger partial charge in [-0.2, -0.15) is 0 Å². The van der Waals surface area contributed by atoms with Crippen LogP contribution in [0.2, 0.25) is 0 Å². The lowest BCUT2D eigenvalue weighted by atomic mass is 10.1. The fraction of sp³-hybridized carbons (Fsp3) is 0.500. The van der Waals surface area contributed by atoms with E-state index in [1.54, 1.807) is 11.0 Å². The Morgan fingerprint density at radius 2 is 2.37 bits per heavy atom. The Kier molecular flexibility index (Phi) is 3.48. The maximum Gasteiger partial charge on any atom is 0.238 e. The number of nitrogens with one attached hydrogen (secondary N) is 1. The Balaban J connectivity index is 1.77. The van der Waals surface area contributed by atoms with E-state index in [1.165, 1.54) is 12.1 Å². The fourth-order valence-corrected chi connectivity index (χ4v) is 2.73. The van der Waals surface area contributed by atoms with Crippen LogP contribution in [0.5, 0.6) is 0 Å². The number of hydrogen-bond donors (Lipinski definition) is 1. The van der Waals surface area contributed by atoms with Crippen LogP contribution in [-0.2, 0) is 9.53 Å². The summed E-state index contributed by atoms with van der Waals surface area (Å²) in [5.74, 6) is -0.236. The first kappa shape index (κ1) is 12.6. The van der Waals surface area contributed by atoms with Gasteiger partial charge in [-0.3, -0.25) is 10.1 Å². The van der Waals surface area contributed by atoms with Crippen LogP contribution in [0.15, 0.2) is 24.3 Å². The zero-order valence-electron chi connectivity index (χ0n) is 10.6. The van der Waals surface area contributed by atoms with E-state index in [4.69, 9.17) is 4.74 Å². The van der Waals surface area contributed by atoms with Crippen LogP contribution in [0.4, 0.5) is 4.39 Å². The molecule has 4 nitrogen and oxygen atoms in total. The molecule has 0 bridgehead atoms. The highest BCUT2D eigenvalue weighted by Gasteiger charge is 2.34. The molecule has 1 amide bonds. The SMILES string of the molecule is O=C1CNC(c2cccc(F)c2)N1CC1CCCO1. The first-order valence-electron chi connectivity index (χ1n) is 6.64. The van der Waals surface area contributed by atoms with Crippen LogP contribution in [0.3, 0.4) is 0 Å². The third kappa shape index (κ3) is 2.62. The minimum Gasteiger partial charge on any atom is -0.376 e. The van der Waals surface area contributed by atoms with Gasteiger partial charge in [0.1, 0.15) is 12.0 Å². The lowest BCUT2D eigenvalue weighted by Gasteiger charge is -2.27. The Morgan fingerprint density at radius 3 is 3.11 bits per heavy atom. The molecule has 0 aliphatic carbocycles. The molecule has 0 radical (unpaired) electrons. The summed E-state index contributed by atoms with van der Waals surface area (Å²) in [5, 5.41) is 3.13. The molecule has 2 saturated heterocycles. The standard InChI is InChI=1S/C14H17FN2O2/c15-11-4-1-3-10(7-11)14-16-8-13(18)17(14)9-12-5-2-6-19-12/h1,3-4,7,12,14,16H,2,5-6,8-9H2. The van der Waals surface area contributed by atoms with E-state index in [-0.39, 0.29) is 24.0 Å². The van der Waals surface area contributed by atoms with Gasteiger partial charge in [0.05, 0.1) is 12.6 Å². The Bertz CT molecular complexity index is 474. The Morgan fingerprint density at radius 1 is 1.47 bits per heavy atom. The van der Waals surface area contributed by atoms with Crippen LogP contribution in [-0.4, -0.2) is 36.6 Å². The molecule has 1 aromatic rings. The summed E-state index contributed by atoms with van der Waals surface area (Å²) in [6, 6.07) is 6.38. The lowest BCUT2D eigenvalue weighted by molar-refractivity contribution is -0.129. The molecule has 2 unspecified atom stereocenters. The van der Waals surface area contributed by atoms with E-state index in [2.05, 4.69) is 5.32 Å². The first-order valence-corrected chi connectivity index (χ1v) is 6.64. The van der Waals surface area contributed by atoms with E-state index in [1.807, 2.05) is 6.07 Å². The second-order valence-corrected chi connectivity index (χ2v) is 5.02. The molecule has 1 aromatic carbocycles. The van der Waals surface area contributed by atoms with Crippen molar-refractivity contribution >= 4 is 5.91 Å². The topological polar surface area (TPSA) is 41.6 Å². The van der Waals surface area contributed by atoms with Gasteiger partial charge in [-0.25, -0.2) is 4.39 Å². The molecular formula is C14H17FN2O2. The molecule has 1 N–H and O–H groups in total. The van der Waals surface area contributed by atoms with Gasteiger partial charge in [-0.15, -0.1) is 0 Å². The molecule has 2 fully saturated rings. The van der Waals surface area contributed by atoms with E-state index in [0.29, 0.717) is 13.1 Å². The zero-order valence-corrected chi connectivity index (χ0v) is 10.6. The van der Waals surface area contributed by atoms with Gasteiger partial charge in [-0.1, -0.05) is 12.1 Å². The summed E-state index contributed by atoms with van der Waals surface area (Å²) in [7, 11) is 0. The first-order chi connectivity index (χ1) is 9.24. The molecule has 0 aromatic heterocycles. The Hall–Kier alpha value is -1.46. The summed E-state index contributed by atoms with van der Waals surface area (Å²) >= 11 is 0. The highest BCUT2D eigenvalue weighted by Crippen LogP contribution is 2.25. The van der Waals surface area contributed by atoms with Crippen molar-refractivity contribution < 1.29 is 13.9 Å². The maximum absolute atomic E-state index is 13.3. The van der Waals surface area contributed by atoms with Crippen LogP contribution in [0.25, 0.3) is 0 Å². The minimum absolute atomic E-state index is 0.0461. The largest absolute Gasteiger partial charge is 0.376 e. The average Bonchev–Trinajstić information content (AvgIpc) is 3.01. The minimum atomic E-state index is -0.282. The summed E-state index contributed by atoms with van der Waals surface area (Å²) < 4.78 is 18.9. The molecule has 2 aliphatic heterocycles. The number of benzene rings is 1. The number of carbonyl (C=O) groups excluding carboxylic acids is 1. The third-order valence-electron chi connectivity index (χ3n) is 3.67. The molecule has 2 aliphatic rings. The second-order valence-electron chi connectivity index (χ2n) is 5.02. The predicted octanol–water partition coefficient (Wildman–Crippen LogP) is 1.44. The van der Waals surface area contributed by atoms with Gasteiger partial charge in [0.25, 0.3) is 0 Å². The number of halogens is 1. The van der Waals surface area contributed by atoms with Crippen LogP contribution >= 0.6 is 0 Å². The molecule has 102 valence electrons.